The second kappa shape index (κ2) is 11.5. The molecule has 39 heavy (non-hydrogen) atoms. The first kappa shape index (κ1) is 26.8. The molecular weight excluding hydrogens is 490 g/mol. The van der Waals surface area contributed by atoms with Crippen LogP contribution in [0.2, 0.25) is 0 Å². The van der Waals surface area contributed by atoms with Gasteiger partial charge in [0, 0.05) is 48.6 Å². The van der Waals surface area contributed by atoms with Crippen molar-refractivity contribution in [2.24, 2.45) is 11.7 Å². The van der Waals surface area contributed by atoms with Gasteiger partial charge in [0.1, 0.15) is 5.82 Å². The molecule has 0 bridgehead atoms. The van der Waals surface area contributed by atoms with Gasteiger partial charge in [0.2, 0.25) is 5.91 Å². The van der Waals surface area contributed by atoms with Crippen LogP contribution >= 0.6 is 0 Å². The maximum absolute atomic E-state index is 13.0. The molecule has 2 heterocycles. The number of anilines is 1. The Kier molecular flexibility index (Phi) is 7.93. The summed E-state index contributed by atoms with van der Waals surface area (Å²) in [5.74, 6) is 0.738. The molecule has 3 N–H and O–H groups in total. The van der Waals surface area contributed by atoms with E-state index in [2.05, 4.69) is 39.6 Å². The van der Waals surface area contributed by atoms with Crippen LogP contribution in [-0.2, 0) is 15.1 Å². The zero-order chi connectivity index (χ0) is 27.4. The summed E-state index contributed by atoms with van der Waals surface area (Å²) in [6.07, 6.45) is 10.4. The summed E-state index contributed by atoms with van der Waals surface area (Å²) in [6, 6.07) is 16.3. The number of pyridine rings is 2. The Hall–Kier alpha value is -3.78. The third kappa shape index (κ3) is 5.96. The number of nitrogens with one attached hydrogen (secondary N) is 1. The van der Waals surface area contributed by atoms with Crippen molar-refractivity contribution in [2.45, 2.75) is 62.9 Å². The lowest BCUT2D eigenvalue weighted by atomic mass is 9.72. The summed E-state index contributed by atoms with van der Waals surface area (Å²) < 4.78 is 4.83. The van der Waals surface area contributed by atoms with Gasteiger partial charge in [0.25, 0.3) is 0 Å². The van der Waals surface area contributed by atoms with Crippen molar-refractivity contribution in [1.29, 1.82) is 0 Å². The zero-order valence-electron chi connectivity index (χ0n) is 22.7. The van der Waals surface area contributed by atoms with E-state index in [0.29, 0.717) is 12.2 Å². The first-order chi connectivity index (χ1) is 18.9. The van der Waals surface area contributed by atoms with E-state index in [1.165, 1.54) is 19.1 Å². The van der Waals surface area contributed by atoms with Crippen LogP contribution < -0.4 is 11.1 Å². The minimum Gasteiger partial charge on any atom is -0.453 e. The number of nitrogens with zero attached hydrogens (tertiary/aromatic N) is 3. The molecule has 2 aliphatic rings. The number of carbonyl (C=O) groups is 2. The molecular formula is C31H37N5O3. The highest BCUT2D eigenvalue weighted by Crippen LogP contribution is 2.40. The predicted octanol–water partition coefficient (Wildman–Crippen LogP) is 5.73. The highest BCUT2D eigenvalue weighted by atomic mass is 16.5. The van der Waals surface area contributed by atoms with Crippen molar-refractivity contribution in [3.63, 3.8) is 0 Å². The average molecular weight is 528 g/mol. The highest BCUT2D eigenvalue weighted by Gasteiger charge is 2.34. The Labute approximate surface area is 230 Å². The van der Waals surface area contributed by atoms with Gasteiger partial charge >= 0.3 is 6.09 Å². The minimum atomic E-state index is -0.313. The number of hydrogen-bond acceptors (Lipinski definition) is 6. The van der Waals surface area contributed by atoms with Crippen LogP contribution in [0.5, 0.6) is 0 Å². The summed E-state index contributed by atoms with van der Waals surface area (Å²) in [4.78, 5) is 35.6. The van der Waals surface area contributed by atoms with E-state index in [1.807, 2.05) is 30.5 Å². The van der Waals surface area contributed by atoms with Crippen molar-refractivity contribution in [1.82, 2.24) is 14.9 Å². The van der Waals surface area contributed by atoms with E-state index in [4.69, 9.17) is 10.5 Å². The Bertz CT molecular complexity index is 1300. The number of methoxy groups -OCH3 is 1. The molecule has 2 fully saturated rings. The number of amides is 2. The van der Waals surface area contributed by atoms with E-state index >= 15 is 0 Å². The molecule has 0 radical (unpaired) electrons. The van der Waals surface area contributed by atoms with E-state index < -0.39 is 0 Å². The number of hydrogen-bond donors (Lipinski definition) is 2. The number of carbonyl (C=O) groups excluding carboxylic acids is 2. The van der Waals surface area contributed by atoms with Gasteiger partial charge in [-0.05, 0) is 80.2 Å². The summed E-state index contributed by atoms with van der Waals surface area (Å²) >= 11 is 0. The molecule has 3 aromatic rings. The number of nitrogens with two attached hydrogens (primary N) is 1. The lowest BCUT2D eigenvalue weighted by Gasteiger charge is -2.38. The van der Waals surface area contributed by atoms with Crippen LogP contribution in [0.3, 0.4) is 0 Å². The molecule has 0 saturated heterocycles. The largest absolute Gasteiger partial charge is 0.453 e. The van der Waals surface area contributed by atoms with Crippen LogP contribution in [0.25, 0.3) is 22.4 Å². The smallest absolute Gasteiger partial charge is 0.409 e. The fourth-order valence-corrected chi connectivity index (χ4v) is 5.80. The predicted molar refractivity (Wildman–Crippen MR) is 152 cm³/mol. The van der Waals surface area contributed by atoms with Crippen LogP contribution in [0.15, 0.2) is 60.9 Å². The van der Waals surface area contributed by atoms with E-state index in [0.717, 1.165) is 60.9 Å². The Balaban J connectivity index is 1.28. The normalized spacial score (nSPS) is 20.0. The van der Waals surface area contributed by atoms with Gasteiger partial charge < -0.3 is 20.7 Å². The van der Waals surface area contributed by atoms with E-state index in [1.54, 1.807) is 18.1 Å². The summed E-state index contributed by atoms with van der Waals surface area (Å²) in [5.41, 5.74) is 11.2. The molecule has 8 nitrogen and oxygen atoms in total. The first-order valence-electron chi connectivity index (χ1n) is 13.8. The SMILES string of the molecule is COC(=O)N(C)C1CCC(CC(=O)Nc2cc(-c3ccccn3)c(-c3ccc(C4(N)CCC4)cc3)cn2)CC1. The topological polar surface area (TPSA) is 110 Å². The van der Waals surface area contributed by atoms with Gasteiger partial charge in [-0.3, -0.25) is 9.78 Å². The summed E-state index contributed by atoms with van der Waals surface area (Å²) in [5, 5.41) is 3.00. The molecule has 5 rings (SSSR count). The molecule has 204 valence electrons. The molecule has 2 amide bonds. The first-order valence-corrected chi connectivity index (χ1v) is 13.8. The van der Waals surface area contributed by atoms with Crippen LogP contribution in [0, 0.1) is 5.92 Å². The number of aromatic nitrogens is 2. The maximum Gasteiger partial charge on any atom is 0.409 e. The lowest BCUT2D eigenvalue weighted by molar-refractivity contribution is -0.117. The molecule has 2 saturated carbocycles. The average Bonchev–Trinajstić information content (AvgIpc) is 2.96. The quantitative estimate of drug-likeness (QED) is 0.406. The molecule has 8 heteroatoms. The molecule has 0 aliphatic heterocycles. The van der Waals surface area contributed by atoms with Crippen molar-refractivity contribution in [3.05, 3.63) is 66.5 Å². The Morgan fingerprint density at radius 1 is 1.05 bits per heavy atom. The molecule has 2 aliphatic carbocycles. The number of benzene rings is 1. The van der Waals surface area contributed by atoms with E-state index in [-0.39, 0.29) is 29.5 Å². The summed E-state index contributed by atoms with van der Waals surface area (Å²) in [7, 11) is 3.17. The van der Waals surface area contributed by atoms with Gasteiger partial charge in [-0.25, -0.2) is 9.78 Å². The molecule has 0 spiro atoms. The molecule has 0 unspecified atom stereocenters. The van der Waals surface area contributed by atoms with Gasteiger partial charge in [-0.15, -0.1) is 0 Å². The van der Waals surface area contributed by atoms with Gasteiger partial charge in [-0.1, -0.05) is 30.3 Å². The van der Waals surface area contributed by atoms with Crippen molar-refractivity contribution < 1.29 is 14.3 Å². The molecule has 1 aromatic carbocycles. The standard InChI is InChI=1S/C31H37N5O3/c1-36(30(38)39-2)24-13-7-21(8-14-24)18-29(37)35-28-19-25(27-6-3-4-17-33-27)26(20-34-28)22-9-11-23(12-10-22)31(32)15-5-16-31/h3-4,6,9-12,17,19-21,24H,5,7-8,13-16,18,32H2,1-2H3,(H,34,35,37). The molecule has 0 atom stereocenters. The Morgan fingerprint density at radius 2 is 1.79 bits per heavy atom. The Morgan fingerprint density at radius 3 is 2.41 bits per heavy atom. The van der Waals surface area contributed by atoms with Crippen LogP contribution in [0.1, 0.15) is 56.9 Å². The fraction of sp³-hybridized carbons (Fsp3) is 0.419. The maximum atomic E-state index is 13.0. The lowest BCUT2D eigenvalue weighted by Crippen LogP contribution is -2.43. The van der Waals surface area contributed by atoms with Crippen molar-refractivity contribution >= 4 is 17.8 Å². The zero-order valence-corrected chi connectivity index (χ0v) is 22.7. The number of rotatable bonds is 7. The monoisotopic (exact) mass is 527 g/mol. The van der Waals surface area contributed by atoms with Gasteiger partial charge in [0.05, 0.1) is 12.8 Å². The fourth-order valence-electron chi connectivity index (χ4n) is 5.80. The van der Waals surface area contributed by atoms with Crippen LogP contribution in [-0.4, -0.2) is 47.1 Å². The van der Waals surface area contributed by atoms with E-state index in [9.17, 15) is 9.59 Å². The van der Waals surface area contributed by atoms with Crippen molar-refractivity contribution in [3.8, 4) is 22.4 Å². The second-order valence-electron chi connectivity index (χ2n) is 10.9. The van der Waals surface area contributed by atoms with Gasteiger partial charge in [-0.2, -0.15) is 0 Å². The minimum absolute atomic E-state index is 0.0508. The number of ether oxygens (including phenoxy) is 1. The summed E-state index contributed by atoms with van der Waals surface area (Å²) in [6.45, 7) is 0. The molecule has 2 aromatic heterocycles. The third-order valence-electron chi connectivity index (χ3n) is 8.43. The van der Waals surface area contributed by atoms with Crippen LogP contribution in [0.4, 0.5) is 10.6 Å². The second-order valence-corrected chi connectivity index (χ2v) is 10.9. The highest BCUT2D eigenvalue weighted by molar-refractivity contribution is 5.92. The van der Waals surface area contributed by atoms with Gasteiger partial charge in [0.15, 0.2) is 0 Å². The van der Waals surface area contributed by atoms with Crippen molar-refractivity contribution in [2.75, 3.05) is 19.5 Å². The third-order valence-corrected chi connectivity index (χ3v) is 8.43.